The second-order valence-electron chi connectivity index (χ2n) is 5.38. The summed E-state index contributed by atoms with van der Waals surface area (Å²) in [6.45, 7) is 4.02. The topological polar surface area (TPSA) is 17.4 Å². The minimum Gasteiger partial charge on any atom is -0.493 e. The second-order valence-corrected chi connectivity index (χ2v) is 5.38. The lowest BCUT2D eigenvalue weighted by atomic mass is 10.1. The van der Waals surface area contributed by atoms with Crippen molar-refractivity contribution in [1.82, 2.24) is 9.47 Å². The number of rotatable bonds is 6. The van der Waals surface area contributed by atoms with E-state index in [-0.39, 0.29) is 5.82 Å². The molecule has 1 aromatic heterocycles. The lowest BCUT2D eigenvalue weighted by molar-refractivity contribution is 0.391. The first kappa shape index (κ1) is 14.9. The number of fused-ring (bicyclic) bond motifs is 1. The van der Waals surface area contributed by atoms with Crippen molar-refractivity contribution in [3.8, 4) is 5.75 Å². The van der Waals surface area contributed by atoms with Crippen LogP contribution in [0.2, 0.25) is 0 Å². The standard InChI is InChI=1S/C16H23FN2O/c1-5-9-19-11-12(8-10-18(2)3)15-14(19)7-6-13(17)16(15)20-4/h6-7,11H,5,8-10H2,1-4H3. The molecule has 2 rings (SSSR count). The monoisotopic (exact) mass is 278 g/mol. The number of likely N-dealkylation sites (N-methyl/N-ethyl adjacent to an activating group) is 1. The molecule has 0 radical (unpaired) electrons. The summed E-state index contributed by atoms with van der Waals surface area (Å²) >= 11 is 0. The molecular formula is C16H23FN2O. The summed E-state index contributed by atoms with van der Waals surface area (Å²) in [5.41, 5.74) is 2.21. The number of nitrogens with zero attached hydrogens (tertiary/aromatic N) is 2. The largest absolute Gasteiger partial charge is 0.493 e. The molecule has 0 aliphatic heterocycles. The van der Waals surface area contributed by atoms with Crippen molar-refractivity contribution in [3.05, 3.63) is 29.7 Å². The summed E-state index contributed by atoms with van der Waals surface area (Å²) in [5, 5.41) is 0.919. The predicted molar refractivity (Wildman–Crippen MR) is 81.0 cm³/mol. The third-order valence-electron chi connectivity index (χ3n) is 3.53. The molecule has 0 saturated carbocycles. The fourth-order valence-corrected chi connectivity index (χ4v) is 2.58. The molecule has 1 heterocycles. The van der Waals surface area contributed by atoms with Gasteiger partial charge < -0.3 is 14.2 Å². The van der Waals surface area contributed by atoms with Gasteiger partial charge >= 0.3 is 0 Å². The Kier molecular flexibility index (Phi) is 4.65. The second kappa shape index (κ2) is 6.27. The van der Waals surface area contributed by atoms with E-state index in [0.717, 1.165) is 42.4 Å². The summed E-state index contributed by atoms with van der Waals surface area (Å²) in [4.78, 5) is 2.13. The Morgan fingerprint density at radius 1 is 1.30 bits per heavy atom. The molecule has 0 spiro atoms. The number of methoxy groups -OCH3 is 1. The maximum atomic E-state index is 13.9. The van der Waals surface area contributed by atoms with Gasteiger partial charge in [-0.25, -0.2) is 4.39 Å². The molecule has 110 valence electrons. The van der Waals surface area contributed by atoms with E-state index in [0.29, 0.717) is 5.75 Å². The third kappa shape index (κ3) is 2.80. The fourth-order valence-electron chi connectivity index (χ4n) is 2.58. The number of aryl methyl sites for hydroxylation is 1. The first-order chi connectivity index (χ1) is 9.58. The predicted octanol–water partition coefficient (Wildman–Crippen LogP) is 3.30. The number of hydrogen-bond donors (Lipinski definition) is 0. The molecular weight excluding hydrogens is 255 g/mol. The van der Waals surface area contributed by atoms with Crippen molar-refractivity contribution in [2.24, 2.45) is 0 Å². The summed E-state index contributed by atoms with van der Waals surface area (Å²) in [5.74, 6) is 0.0754. The van der Waals surface area contributed by atoms with Gasteiger partial charge in [0.2, 0.25) is 0 Å². The highest BCUT2D eigenvalue weighted by Gasteiger charge is 2.16. The highest BCUT2D eigenvalue weighted by atomic mass is 19.1. The van der Waals surface area contributed by atoms with Gasteiger partial charge in [-0.05, 0) is 44.6 Å². The number of ether oxygens (including phenoxy) is 1. The van der Waals surface area contributed by atoms with E-state index in [2.05, 4.69) is 22.6 Å². The quantitative estimate of drug-likeness (QED) is 0.806. The van der Waals surface area contributed by atoms with Crippen LogP contribution in [0.1, 0.15) is 18.9 Å². The van der Waals surface area contributed by atoms with Crippen LogP contribution < -0.4 is 4.74 Å². The molecule has 0 N–H and O–H groups in total. The van der Waals surface area contributed by atoms with Gasteiger partial charge in [0.25, 0.3) is 0 Å². The molecule has 20 heavy (non-hydrogen) atoms. The van der Waals surface area contributed by atoms with Crippen LogP contribution in [0.15, 0.2) is 18.3 Å². The lowest BCUT2D eigenvalue weighted by Crippen LogP contribution is -2.15. The number of benzene rings is 1. The minimum atomic E-state index is -0.291. The Labute approximate surface area is 119 Å². The molecule has 0 amide bonds. The molecule has 0 aliphatic rings. The van der Waals surface area contributed by atoms with Gasteiger partial charge in [-0.3, -0.25) is 0 Å². The molecule has 4 heteroatoms. The van der Waals surface area contributed by atoms with Gasteiger partial charge in [-0.2, -0.15) is 0 Å². The molecule has 1 aromatic carbocycles. The van der Waals surface area contributed by atoms with Crippen LogP contribution in [0.5, 0.6) is 5.75 Å². The SMILES string of the molecule is CCCn1cc(CCN(C)C)c2c(OC)c(F)ccc21. The van der Waals surface area contributed by atoms with E-state index >= 15 is 0 Å². The average molecular weight is 278 g/mol. The molecule has 0 saturated heterocycles. The van der Waals surface area contributed by atoms with E-state index in [1.807, 2.05) is 20.2 Å². The van der Waals surface area contributed by atoms with Gasteiger partial charge in [0, 0.05) is 24.7 Å². The van der Waals surface area contributed by atoms with Crippen LogP contribution in [0.25, 0.3) is 10.9 Å². The van der Waals surface area contributed by atoms with Crippen molar-refractivity contribution >= 4 is 10.9 Å². The third-order valence-corrected chi connectivity index (χ3v) is 3.53. The first-order valence-corrected chi connectivity index (χ1v) is 7.07. The molecule has 2 aromatic rings. The lowest BCUT2D eigenvalue weighted by Gasteiger charge is -2.10. The maximum Gasteiger partial charge on any atom is 0.165 e. The van der Waals surface area contributed by atoms with E-state index in [4.69, 9.17) is 4.74 Å². The van der Waals surface area contributed by atoms with Crippen LogP contribution in [0.3, 0.4) is 0 Å². The Balaban J connectivity index is 2.56. The Hall–Kier alpha value is -1.55. The maximum absolute atomic E-state index is 13.9. The molecule has 0 aliphatic carbocycles. The van der Waals surface area contributed by atoms with Crippen molar-refractivity contribution in [3.63, 3.8) is 0 Å². The summed E-state index contributed by atoms with van der Waals surface area (Å²) < 4.78 is 21.4. The zero-order valence-electron chi connectivity index (χ0n) is 12.7. The van der Waals surface area contributed by atoms with Gasteiger partial charge in [0.05, 0.1) is 12.6 Å². The highest BCUT2D eigenvalue weighted by molar-refractivity contribution is 5.90. The fraction of sp³-hybridized carbons (Fsp3) is 0.500. The first-order valence-electron chi connectivity index (χ1n) is 7.07. The Morgan fingerprint density at radius 3 is 2.65 bits per heavy atom. The van der Waals surface area contributed by atoms with Gasteiger partial charge in [-0.15, -0.1) is 0 Å². The molecule has 3 nitrogen and oxygen atoms in total. The normalized spacial score (nSPS) is 11.5. The van der Waals surface area contributed by atoms with Crippen LogP contribution in [0, 0.1) is 5.82 Å². The van der Waals surface area contributed by atoms with Crippen molar-refractivity contribution in [1.29, 1.82) is 0 Å². The summed E-state index contributed by atoms with van der Waals surface area (Å²) in [6, 6.07) is 3.34. The van der Waals surface area contributed by atoms with E-state index in [1.54, 1.807) is 0 Å². The zero-order chi connectivity index (χ0) is 14.7. The smallest absolute Gasteiger partial charge is 0.165 e. The van der Waals surface area contributed by atoms with E-state index < -0.39 is 0 Å². The molecule has 0 atom stereocenters. The molecule has 0 fully saturated rings. The molecule has 0 bridgehead atoms. The number of halogens is 1. The zero-order valence-corrected chi connectivity index (χ0v) is 12.7. The van der Waals surface area contributed by atoms with E-state index in [1.165, 1.54) is 13.2 Å². The van der Waals surface area contributed by atoms with Crippen LogP contribution in [-0.2, 0) is 13.0 Å². The number of aromatic nitrogens is 1. The van der Waals surface area contributed by atoms with Crippen molar-refractivity contribution in [2.45, 2.75) is 26.3 Å². The van der Waals surface area contributed by atoms with Crippen LogP contribution >= 0.6 is 0 Å². The highest BCUT2D eigenvalue weighted by Crippen LogP contribution is 2.33. The Bertz CT molecular complexity index is 590. The number of hydrogen-bond acceptors (Lipinski definition) is 2. The van der Waals surface area contributed by atoms with Crippen LogP contribution in [0.4, 0.5) is 4.39 Å². The van der Waals surface area contributed by atoms with Crippen molar-refractivity contribution < 1.29 is 9.13 Å². The minimum absolute atomic E-state index is 0.291. The summed E-state index contributed by atoms with van der Waals surface area (Å²) in [7, 11) is 5.62. The van der Waals surface area contributed by atoms with Crippen LogP contribution in [-0.4, -0.2) is 37.2 Å². The van der Waals surface area contributed by atoms with E-state index in [9.17, 15) is 4.39 Å². The Morgan fingerprint density at radius 2 is 2.05 bits per heavy atom. The van der Waals surface area contributed by atoms with Crippen molar-refractivity contribution in [2.75, 3.05) is 27.7 Å². The average Bonchev–Trinajstić information content (AvgIpc) is 2.75. The van der Waals surface area contributed by atoms with Gasteiger partial charge in [0.1, 0.15) is 0 Å². The van der Waals surface area contributed by atoms with Gasteiger partial charge in [-0.1, -0.05) is 6.92 Å². The summed E-state index contributed by atoms with van der Waals surface area (Å²) in [6.07, 6.45) is 4.08. The molecule has 0 unspecified atom stereocenters. The van der Waals surface area contributed by atoms with Gasteiger partial charge in [0.15, 0.2) is 11.6 Å².